The molecular weight excluding hydrogens is 378 g/mol. The molecule has 0 bridgehead atoms. The maximum absolute atomic E-state index is 13.2. The van der Waals surface area contributed by atoms with Gasteiger partial charge in [-0.2, -0.15) is 5.10 Å². The van der Waals surface area contributed by atoms with Crippen LogP contribution in [-0.4, -0.2) is 54.0 Å². The molecule has 0 radical (unpaired) electrons. The molecule has 144 valence electrons. The van der Waals surface area contributed by atoms with Crippen LogP contribution in [0.15, 0.2) is 54.6 Å². The fourth-order valence-electron chi connectivity index (χ4n) is 3.17. The van der Waals surface area contributed by atoms with Crippen LogP contribution in [0.1, 0.15) is 10.5 Å². The number of rotatable bonds is 4. The Morgan fingerprint density at radius 2 is 1.82 bits per heavy atom. The summed E-state index contributed by atoms with van der Waals surface area (Å²) in [5.41, 5.74) is 2.73. The van der Waals surface area contributed by atoms with E-state index in [-0.39, 0.29) is 5.91 Å². The van der Waals surface area contributed by atoms with E-state index in [2.05, 4.69) is 0 Å². The van der Waals surface area contributed by atoms with Gasteiger partial charge in [-0.3, -0.25) is 4.79 Å². The maximum Gasteiger partial charge on any atom is 0.272 e. The van der Waals surface area contributed by atoms with Crippen LogP contribution in [-0.2, 0) is 4.74 Å². The number of methoxy groups -OCH3 is 1. The number of aromatic nitrogens is 2. The summed E-state index contributed by atoms with van der Waals surface area (Å²) in [5, 5.41) is 5.23. The van der Waals surface area contributed by atoms with Crippen molar-refractivity contribution in [2.75, 3.05) is 33.4 Å². The number of ether oxygens (including phenoxy) is 2. The van der Waals surface area contributed by atoms with Gasteiger partial charge in [-0.05, 0) is 42.5 Å². The van der Waals surface area contributed by atoms with Crippen molar-refractivity contribution in [1.29, 1.82) is 0 Å². The zero-order valence-electron chi connectivity index (χ0n) is 15.5. The maximum atomic E-state index is 13.2. The molecule has 28 heavy (non-hydrogen) atoms. The minimum Gasteiger partial charge on any atom is -0.497 e. The third-order valence-corrected chi connectivity index (χ3v) is 5.01. The van der Waals surface area contributed by atoms with Gasteiger partial charge in [-0.25, -0.2) is 4.68 Å². The second kappa shape index (κ2) is 8.04. The summed E-state index contributed by atoms with van der Waals surface area (Å²) >= 11 is 6.39. The third kappa shape index (κ3) is 3.61. The summed E-state index contributed by atoms with van der Waals surface area (Å²) in [6.45, 7) is 2.20. The lowest BCUT2D eigenvalue weighted by Crippen LogP contribution is -2.41. The molecule has 0 N–H and O–H groups in total. The van der Waals surface area contributed by atoms with Crippen molar-refractivity contribution in [3.63, 3.8) is 0 Å². The highest BCUT2D eigenvalue weighted by Crippen LogP contribution is 2.27. The molecule has 1 amide bonds. The number of morpholine rings is 1. The molecule has 4 rings (SSSR count). The number of halogens is 1. The lowest BCUT2D eigenvalue weighted by molar-refractivity contribution is 0.0297. The van der Waals surface area contributed by atoms with Gasteiger partial charge in [-0.1, -0.05) is 23.7 Å². The quantitative estimate of drug-likeness (QED) is 0.674. The summed E-state index contributed by atoms with van der Waals surface area (Å²) in [7, 11) is 1.63. The fourth-order valence-corrected chi connectivity index (χ4v) is 3.39. The van der Waals surface area contributed by atoms with Crippen molar-refractivity contribution in [3.05, 3.63) is 65.3 Å². The molecule has 2 aromatic carbocycles. The van der Waals surface area contributed by atoms with E-state index in [9.17, 15) is 4.79 Å². The van der Waals surface area contributed by atoms with Gasteiger partial charge in [0, 0.05) is 18.7 Å². The Hall–Kier alpha value is -2.83. The minimum atomic E-state index is -0.0875. The Kier molecular flexibility index (Phi) is 5.32. The number of nitrogens with zero attached hydrogens (tertiary/aromatic N) is 3. The van der Waals surface area contributed by atoms with Crippen LogP contribution in [0, 0.1) is 0 Å². The van der Waals surface area contributed by atoms with Gasteiger partial charge in [0.2, 0.25) is 0 Å². The van der Waals surface area contributed by atoms with Gasteiger partial charge in [0.25, 0.3) is 5.91 Å². The number of carbonyl (C=O) groups excluding carboxylic acids is 1. The van der Waals surface area contributed by atoms with E-state index in [4.69, 9.17) is 26.2 Å². The summed E-state index contributed by atoms with van der Waals surface area (Å²) < 4.78 is 12.2. The molecule has 7 heteroatoms. The monoisotopic (exact) mass is 397 g/mol. The Balaban J connectivity index is 1.79. The number of hydrogen-bond donors (Lipinski definition) is 0. The van der Waals surface area contributed by atoms with Crippen molar-refractivity contribution < 1.29 is 14.3 Å². The van der Waals surface area contributed by atoms with Crippen LogP contribution in [0.2, 0.25) is 5.02 Å². The van der Waals surface area contributed by atoms with E-state index in [0.717, 1.165) is 11.3 Å². The van der Waals surface area contributed by atoms with Crippen LogP contribution in [0.4, 0.5) is 0 Å². The predicted octanol–water partition coefficient (Wildman–Crippen LogP) is 3.67. The minimum absolute atomic E-state index is 0.0875. The molecule has 2 heterocycles. The number of hydrogen-bond acceptors (Lipinski definition) is 4. The van der Waals surface area contributed by atoms with Gasteiger partial charge >= 0.3 is 0 Å². The second-order valence-electron chi connectivity index (χ2n) is 6.41. The first-order valence-electron chi connectivity index (χ1n) is 9.04. The first-order valence-corrected chi connectivity index (χ1v) is 9.41. The van der Waals surface area contributed by atoms with Gasteiger partial charge in [-0.15, -0.1) is 0 Å². The third-order valence-electron chi connectivity index (χ3n) is 4.69. The summed E-state index contributed by atoms with van der Waals surface area (Å²) in [6.07, 6.45) is 0. The lowest BCUT2D eigenvalue weighted by Gasteiger charge is -2.26. The van der Waals surface area contributed by atoms with Gasteiger partial charge in [0.05, 0.1) is 36.7 Å². The molecule has 1 aliphatic heterocycles. The Bertz CT molecular complexity index is 979. The van der Waals surface area contributed by atoms with E-state index >= 15 is 0 Å². The van der Waals surface area contributed by atoms with Gasteiger partial charge in [0.1, 0.15) is 11.4 Å². The van der Waals surface area contributed by atoms with Crippen LogP contribution >= 0.6 is 11.6 Å². The molecule has 0 spiro atoms. The Morgan fingerprint density at radius 3 is 2.50 bits per heavy atom. The van der Waals surface area contributed by atoms with Gasteiger partial charge < -0.3 is 14.4 Å². The van der Waals surface area contributed by atoms with E-state index in [1.54, 1.807) is 22.8 Å². The summed E-state index contributed by atoms with van der Waals surface area (Å²) in [4.78, 5) is 15.0. The molecule has 6 nitrogen and oxygen atoms in total. The standard InChI is InChI=1S/C21H20ClN3O3/c1-27-16-8-6-15(7-9-16)18-14-20(21(26)24-10-12-28-13-11-24)25(23-18)19-5-3-2-4-17(19)22/h2-9,14H,10-13H2,1H3. The SMILES string of the molecule is COc1ccc(-c2cc(C(=O)N3CCOCC3)n(-c3ccccc3Cl)n2)cc1. The van der Waals surface area contributed by atoms with Crippen molar-refractivity contribution in [2.45, 2.75) is 0 Å². The second-order valence-corrected chi connectivity index (χ2v) is 6.82. The van der Waals surface area contributed by atoms with Crippen molar-refractivity contribution in [1.82, 2.24) is 14.7 Å². The molecule has 1 aromatic heterocycles. The normalized spacial score (nSPS) is 14.1. The number of para-hydroxylation sites is 1. The highest BCUT2D eigenvalue weighted by atomic mass is 35.5. The first kappa shape index (κ1) is 18.5. The van der Waals surface area contributed by atoms with Crippen LogP contribution < -0.4 is 4.74 Å². The first-order chi connectivity index (χ1) is 13.7. The fraction of sp³-hybridized carbons (Fsp3) is 0.238. The molecule has 0 aliphatic carbocycles. The summed E-state index contributed by atoms with van der Waals surface area (Å²) in [5.74, 6) is 0.675. The molecule has 1 fully saturated rings. The van der Waals surface area contributed by atoms with E-state index in [1.165, 1.54) is 0 Å². The number of amides is 1. The average Bonchev–Trinajstić information content (AvgIpc) is 3.19. The highest BCUT2D eigenvalue weighted by molar-refractivity contribution is 6.32. The average molecular weight is 398 g/mol. The summed E-state index contributed by atoms with van der Waals surface area (Å²) in [6, 6.07) is 16.7. The zero-order valence-corrected chi connectivity index (χ0v) is 16.2. The van der Waals surface area contributed by atoms with E-state index in [0.29, 0.717) is 48.4 Å². The van der Waals surface area contributed by atoms with E-state index < -0.39 is 0 Å². The molecule has 0 saturated carbocycles. The van der Waals surface area contributed by atoms with Crippen LogP contribution in [0.5, 0.6) is 5.75 Å². The number of carbonyl (C=O) groups is 1. The van der Waals surface area contributed by atoms with E-state index in [1.807, 2.05) is 48.5 Å². The Morgan fingerprint density at radius 1 is 1.11 bits per heavy atom. The Labute approximate surface area is 168 Å². The van der Waals surface area contributed by atoms with Crippen LogP contribution in [0.25, 0.3) is 16.9 Å². The highest BCUT2D eigenvalue weighted by Gasteiger charge is 2.25. The molecule has 1 saturated heterocycles. The smallest absolute Gasteiger partial charge is 0.272 e. The number of benzene rings is 2. The van der Waals surface area contributed by atoms with Crippen LogP contribution in [0.3, 0.4) is 0 Å². The molecule has 3 aromatic rings. The van der Waals surface area contributed by atoms with Gasteiger partial charge in [0.15, 0.2) is 0 Å². The largest absolute Gasteiger partial charge is 0.497 e. The molecule has 1 aliphatic rings. The van der Waals surface area contributed by atoms with Crippen molar-refractivity contribution >= 4 is 17.5 Å². The van der Waals surface area contributed by atoms with Crippen molar-refractivity contribution in [3.8, 4) is 22.7 Å². The topological polar surface area (TPSA) is 56.6 Å². The molecule has 0 unspecified atom stereocenters. The predicted molar refractivity (Wildman–Crippen MR) is 107 cm³/mol. The lowest BCUT2D eigenvalue weighted by atomic mass is 10.1. The van der Waals surface area contributed by atoms with Crippen molar-refractivity contribution in [2.24, 2.45) is 0 Å². The molecular formula is C21H20ClN3O3. The molecule has 0 atom stereocenters. The zero-order chi connectivity index (χ0) is 19.5.